The molecule has 0 unspecified atom stereocenters. The van der Waals surface area contributed by atoms with E-state index in [1.807, 2.05) is 0 Å². The second-order valence-corrected chi connectivity index (χ2v) is 6.54. The normalized spacial score (nSPS) is 24.2. The molecule has 2 atom stereocenters. The SMILES string of the molecule is NC(=O)c1ccc(NC(=O)CCN2CCO[C@@H]3CCCC[C@@H]32)cc1. The predicted octanol–water partition coefficient (Wildman–Crippen LogP) is 1.76. The van der Waals surface area contributed by atoms with Crippen molar-refractivity contribution in [2.24, 2.45) is 5.73 Å². The Morgan fingerprint density at radius 1 is 1.21 bits per heavy atom. The summed E-state index contributed by atoms with van der Waals surface area (Å²) in [6.07, 6.45) is 5.61. The van der Waals surface area contributed by atoms with Gasteiger partial charge in [0.1, 0.15) is 0 Å². The van der Waals surface area contributed by atoms with E-state index in [1.54, 1.807) is 24.3 Å². The van der Waals surface area contributed by atoms with E-state index in [-0.39, 0.29) is 5.91 Å². The molecule has 3 rings (SSSR count). The van der Waals surface area contributed by atoms with E-state index in [2.05, 4.69) is 10.2 Å². The monoisotopic (exact) mass is 331 g/mol. The number of nitrogens with one attached hydrogen (secondary N) is 1. The second kappa shape index (κ2) is 7.77. The minimum atomic E-state index is -0.470. The Morgan fingerprint density at radius 3 is 2.71 bits per heavy atom. The van der Waals surface area contributed by atoms with E-state index < -0.39 is 5.91 Å². The van der Waals surface area contributed by atoms with Crippen LogP contribution in [-0.2, 0) is 9.53 Å². The van der Waals surface area contributed by atoms with E-state index in [4.69, 9.17) is 10.5 Å². The number of hydrogen-bond acceptors (Lipinski definition) is 4. The molecule has 1 saturated heterocycles. The number of nitrogens with zero attached hydrogens (tertiary/aromatic N) is 1. The molecule has 1 aliphatic carbocycles. The Kier molecular flexibility index (Phi) is 5.48. The third kappa shape index (κ3) is 4.13. The third-order valence-corrected chi connectivity index (χ3v) is 4.93. The van der Waals surface area contributed by atoms with Crippen molar-refractivity contribution in [1.82, 2.24) is 4.90 Å². The maximum Gasteiger partial charge on any atom is 0.248 e. The summed E-state index contributed by atoms with van der Waals surface area (Å²) >= 11 is 0. The molecule has 1 saturated carbocycles. The smallest absolute Gasteiger partial charge is 0.248 e. The standard InChI is InChI=1S/C18H25N3O3/c19-18(23)13-5-7-14(8-6-13)20-17(22)9-10-21-11-12-24-16-4-2-1-3-15(16)21/h5-8,15-16H,1-4,9-12H2,(H2,19,23)(H,20,22)/t15-,16+/m0/s1. The Labute approximate surface area is 142 Å². The third-order valence-electron chi connectivity index (χ3n) is 4.93. The molecule has 0 radical (unpaired) electrons. The van der Waals surface area contributed by atoms with Crippen molar-refractivity contribution in [2.75, 3.05) is 25.0 Å². The van der Waals surface area contributed by atoms with Crippen molar-refractivity contribution >= 4 is 17.5 Å². The molecule has 3 N–H and O–H groups in total. The Bertz CT molecular complexity index is 586. The average molecular weight is 331 g/mol. The van der Waals surface area contributed by atoms with Crippen LogP contribution in [0.3, 0.4) is 0 Å². The number of carbonyl (C=O) groups is 2. The maximum atomic E-state index is 12.2. The fraction of sp³-hybridized carbons (Fsp3) is 0.556. The largest absolute Gasteiger partial charge is 0.375 e. The zero-order chi connectivity index (χ0) is 16.9. The zero-order valence-electron chi connectivity index (χ0n) is 13.9. The molecule has 0 aromatic heterocycles. The fourth-order valence-electron chi connectivity index (χ4n) is 3.64. The van der Waals surface area contributed by atoms with Crippen molar-refractivity contribution < 1.29 is 14.3 Å². The van der Waals surface area contributed by atoms with E-state index in [9.17, 15) is 9.59 Å². The van der Waals surface area contributed by atoms with Crippen molar-refractivity contribution in [2.45, 2.75) is 44.2 Å². The summed E-state index contributed by atoms with van der Waals surface area (Å²) < 4.78 is 5.87. The highest BCUT2D eigenvalue weighted by atomic mass is 16.5. The molecular formula is C18H25N3O3. The van der Waals surface area contributed by atoms with Gasteiger partial charge in [0.15, 0.2) is 0 Å². The number of ether oxygens (including phenoxy) is 1. The number of amides is 2. The van der Waals surface area contributed by atoms with Gasteiger partial charge in [0.05, 0.1) is 12.7 Å². The number of carbonyl (C=O) groups excluding carboxylic acids is 2. The van der Waals surface area contributed by atoms with Crippen LogP contribution in [0.4, 0.5) is 5.69 Å². The quantitative estimate of drug-likeness (QED) is 0.861. The molecule has 6 nitrogen and oxygen atoms in total. The first-order valence-corrected chi connectivity index (χ1v) is 8.69. The molecule has 130 valence electrons. The molecule has 1 aromatic rings. The van der Waals surface area contributed by atoms with Crippen LogP contribution in [0.15, 0.2) is 24.3 Å². The highest BCUT2D eigenvalue weighted by molar-refractivity contribution is 5.94. The number of nitrogens with two attached hydrogens (primary N) is 1. The van der Waals surface area contributed by atoms with Crippen LogP contribution in [0, 0.1) is 0 Å². The van der Waals surface area contributed by atoms with E-state index >= 15 is 0 Å². The van der Waals surface area contributed by atoms with Crippen LogP contribution in [0.5, 0.6) is 0 Å². The first-order chi connectivity index (χ1) is 11.6. The van der Waals surface area contributed by atoms with Crippen LogP contribution in [0.1, 0.15) is 42.5 Å². The molecule has 0 spiro atoms. The first kappa shape index (κ1) is 16.9. The molecule has 2 amide bonds. The van der Waals surface area contributed by atoms with Crippen LogP contribution in [0.2, 0.25) is 0 Å². The molecule has 0 bridgehead atoms. The summed E-state index contributed by atoms with van der Waals surface area (Å²) in [6, 6.07) is 7.10. The minimum absolute atomic E-state index is 0.0133. The maximum absolute atomic E-state index is 12.2. The molecule has 2 fully saturated rings. The molecule has 1 heterocycles. The summed E-state index contributed by atoms with van der Waals surface area (Å²) in [5, 5.41) is 2.87. The highest BCUT2D eigenvalue weighted by Crippen LogP contribution is 2.28. The van der Waals surface area contributed by atoms with Crippen molar-refractivity contribution in [3.63, 3.8) is 0 Å². The molecule has 24 heavy (non-hydrogen) atoms. The number of fused-ring (bicyclic) bond motifs is 1. The highest BCUT2D eigenvalue weighted by Gasteiger charge is 2.33. The summed E-state index contributed by atoms with van der Waals surface area (Å²) in [4.78, 5) is 25.6. The number of primary amides is 1. The van der Waals surface area contributed by atoms with Crippen molar-refractivity contribution in [3.8, 4) is 0 Å². The number of rotatable bonds is 5. The lowest BCUT2D eigenvalue weighted by molar-refractivity contribution is -0.118. The Balaban J connectivity index is 1.49. The van der Waals surface area contributed by atoms with Gasteiger partial charge in [0.25, 0.3) is 0 Å². The van der Waals surface area contributed by atoms with Crippen LogP contribution in [-0.4, -0.2) is 48.6 Å². The van der Waals surface area contributed by atoms with Crippen molar-refractivity contribution in [1.29, 1.82) is 0 Å². The van der Waals surface area contributed by atoms with Gasteiger partial charge in [-0.2, -0.15) is 0 Å². The first-order valence-electron chi connectivity index (χ1n) is 8.69. The van der Waals surface area contributed by atoms with E-state index in [1.165, 1.54) is 19.3 Å². The Hall–Kier alpha value is -1.92. The molecule has 6 heteroatoms. The lowest BCUT2D eigenvalue weighted by atomic mass is 9.90. The van der Waals surface area contributed by atoms with Gasteiger partial charge >= 0.3 is 0 Å². The van der Waals surface area contributed by atoms with Crippen LogP contribution in [0.25, 0.3) is 0 Å². The van der Waals surface area contributed by atoms with Gasteiger partial charge in [0, 0.05) is 36.8 Å². The van der Waals surface area contributed by atoms with Crippen molar-refractivity contribution in [3.05, 3.63) is 29.8 Å². The van der Waals surface area contributed by atoms with E-state index in [0.29, 0.717) is 29.8 Å². The molecule has 1 aromatic carbocycles. The fourth-order valence-corrected chi connectivity index (χ4v) is 3.64. The number of hydrogen-bond donors (Lipinski definition) is 2. The van der Waals surface area contributed by atoms with Gasteiger partial charge < -0.3 is 15.8 Å². The number of anilines is 1. The van der Waals surface area contributed by atoms with Gasteiger partial charge in [-0.25, -0.2) is 0 Å². The Morgan fingerprint density at radius 2 is 1.96 bits per heavy atom. The number of morpholine rings is 1. The summed E-state index contributed by atoms with van der Waals surface area (Å²) in [5.74, 6) is -0.483. The molecule has 2 aliphatic rings. The predicted molar refractivity (Wildman–Crippen MR) is 91.8 cm³/mol. The molecule has 1 aliphatic heterocycles. The zero-order valence-corrected chi connectivity index (χ0v) is 13.9. The molecular weight excluding hydrogens is 306 g/mol. The average Bonchev–Trinajstić information content (AvgIpc) is 2.60. The van der Waals surface area contributed by atoms with Gasteiger partial charge in [0.2, 0.25) is 11.8 Å². The summed E-state index contributed by atoms with van der Waals surface area (Å²) in [5.41, 5.74) is 6.32. The van der Waals surface area contributed by atoms with Gasteiger partial charge in [-0.05, 0) is 37.1 Å². The van der Waals surface area contributed by atoms with Gasteiger partial charge in [-0.3, -0.25) is 14.5 Å². The van der Waals surface area contributed by atoms with Gasteiger partial charge in [-0.15, -0.1) is 0 Å². The van der Waals surface area contributed by atoms with E-state index in [0.717, 1.165) is 26.1 Å². The minimum Gasteiger partial charge on any atom is -0.375 e. The lowest BCUT2D eigenvalue weighted by Crippen LogP contribution is -2.53. The second-order valence-electron chi connectivity index (χ2n) is 6.54. The topological polar surface area (TPSA) is 84.7 Å². The summed E-state index contributed by atoms with van der Waals surface area (Å²) in [7, 11) is 0. The number of benzene rings is 1. The van der Waals surface area contributed by atoms with Crippen LogP contribution >= 0.6 is 0 Å². The lowest BCUT2D eigenvalue weighted by Gasteiger charge is -2.43. The summed E-state index contributed by atoms with van der Waals surface area (Å²) in [6.45, 7) is 2.43. The van der Waals surface area contributed by atoms with Crippen LogP contribution < -0.4 is 11.1 Å². The van der Waals surface area contributed by atoms with Gasteiger partial charge in [-0.1, -0.05) is 12.8 Å².